The fourth-order valence-electron chi connectivity index (χ4n) is 0.950. The van der Waals surface area contributed by atoms with Gasteiger partial charge in [0.25, 0.3) is 10.0 Å². The number of hydrogen-bond donors (Lipinski definition) is 2. The number of nitrogens with one attached hydrogen (secondary N) is 1. The summed E-state index contributed by atoms with van der Waals surface area (Å²) in [6.07, 6.45) is 2.26. The number of nitrogens with two attached hydrogens (primary N) is 1. The fourth-order valence-corrected chi connectivity index (χ4v) is 2.49. The molecule has 0 aliphatic carbocycles. The Labute approximate surface area is 119 Å². The number of benzene rings is 1. The van der Waals surface area contributed by atoms with E-state index in [0.717, 1.165) is 11.9 Å². The number of anilines is 1. The van der Waals surface area contributed by atoms with Crippen LogP contribution in [0.25, 0.3) is 0 Å². The molecule has 0 unspecified atom stereocenters. The molecule has 1 aromatic rings. The summed E-state index contributed by atoms with van der Waals surface area (Å²) >= 11 is 16.7. The summed E-state index contributed by atoms with van der Waals surface area (Å²) in [4.78, 5) is -0.153. The molecule has 3 N–H and O–H groups in total. The van der Waals surface area contributed by atoms with E-state index in [1.807, 2.05) is 0 Å². The van der Waals surface area contributed by atoms with Gasteiger partial charge in [0.2, 0.25) is 0 Å². The van der Waals surface area contributed by atoms with Crippen LogP contribution in [0.5, 0.6) is 0 Å². The number of sulfonamides is 1. The van der Waals surface area contributed by atoms with Gasteiger partial charge in [-0.2, -0.15) is 8.42 Å². The van der Waals surface area contributed by atoms with E-state index in [0.29, 0.717) is 0 Å². The van der Waals surface area contributed by atoms with E-state index < -0.39 is 10.0 Å². The van der Waals surface area contributed by atoms with Gasteiger partial charge in [0.15, 0.2) is 0 Å². The molecule has 0 radical (unpaired) electrons. The molecule has 0 aliphatic heterocycles. The lowest BCUT2D eigenvalue weighted by Gasteiger charge is -2.04. The summed E-state index contributed by atoms with van der Waals surface area (Å²) in [5, 5.41) is 2.52. The van der Waals surface area contributed by atoms with Crippen molar-refractivity contribution in [3.05, 3.63) is 33.9 Å². The van der Waals surface area contributed by atoms with Gasteiger partial charge >= 0.3 is 0 Å². The van der Waals surface area contributed by atoms with E-state index in [2.05, 4.69) is 9.71 Å². The Kier molecular flexibility index (Phi) is 5.28. The van der Waals surface area contributed by atoms with Crippen molar-refractivity contribution in [3.63, 3.8) is 0 Å². The highest BCUT2D eigenvalue weighted by Crippen LogP contribution is 2.31. The molecule has 98 valence electrons. The molecule has 5 nitrogen and oxygen atoms in total. The number of rotatable bonds is 4. The van der Waals surface area contributed by atoms with Gasteiger partial charge in [-0.1, -0.05) is 34.8 Å². The maximum atomic E-state index is 11.8. The average molecular weight is 329 g/mol. The Hall–Kier alpha value is -0.950. The van der Waals surface area contributed by atoms with E-state index in [-0.39, 0.29) is 20.6 Å². The second-order valence-electron chi connectivity index (χ2n) is 2.97. The highest BCUT2D eigenvalue weighted by molar-refractivity contribution is 7.90. The van der Waals surface area contributed by atoms with Crippen molar-refractivity contribution >= 4 is 56.9 Å². The lowest BCUT2D eigenvalue weighted by Crippen LogP contribution is -2.05. The van der Waals surface area contributed by atoms with Gasteiger partial charge in [0.1, 0.15) is 6.34 Å². The lowest BCUT2D eigenvalue weighted by atomic mass is 10.3. The first-order chi connectivity index (χ1) is 8.38. The molecular formula is C9H8Cl3N3O2S. The molecule has 18 heavy (non-hydrogen) atoms. The van der Waals surface area contributed by atoms with E-state index in [9.17, 15) is 8.42 Å². The minimum absolute atomic E-state index is 0.0462. The number of hydrogen-bond acceptors (Lipinski definition) is 3. The van der Waals surface area contributed by atoms with Crippen molar-refractivity contribution in [1.82, 2.24) is 5.32 Å². The highest BCUT2D eigenvalue weighted by atomic mass is 35.5. The van der Waals surface area contributed by atoms with Crippen LogP contribution in [0.4, 0.5) is 5.69 Å². The topological polar surface area (TPSA) is 84.6 Å². The first-order valence-corrected chi connectivity index (χ1v) is 7.06. The van der Waals surface area contributed by atoms with E-state index in [1.165, 1.54) is 18.3 Å². The lowest BCUT2D eigenvalue weighted by molar-refractivity contribution is 0.598. The normalized spacial score (nSPS) is 12.4. The van der Waals surface area contributed by atoms with Crippen LogP contribution in [0.2, 0.25) is 10.0 Å². The molecule has 1 aromatic carbocycles. The largest absolute Gasteiger partial charge is 0.396 e. The second-order valence-corrected chi connectivity index (χ2v) is 5.67. The summed E-state index contributed by atoms with van der Waals surface area (Å²) in [5.41, 5.74) is 6.78. The van der Waals surface area contributed by atoms with Gasteiger partial charge < -0.3 is 11.1 Å². The van der Waals surface area contributed by atoms with Gasteiger partial charge in [-0.3, -0.25) is 0 Å². The predicted molar refractivity (Wildman–Crippen MR) is 74.7 cm³/mol. The fraction of sp³-hybridized carbons (Fsp3) is 0. The highest BCUT2D eigenvalue weighted by Gasteiger charge is 2.15. The quantitative estimate of drug-likeness (QED) is 0.505. The summed E-state index contributed by atoms with van der Waals surface area (Å²) in [7, 11) is -3.90. The van der Waals surface area contributed by atoms with Crippen molar-refractivity contribution in [3.8, 4) is 0 Å². The third-order valence-electron chi connectivity index (χ3n) is 1.78. The first kappa shape index (κ1) is 15.1. The minimum Gasteiger partial charge on any atom is -0.396 e. The molecule has 0 spiro atoms. The molecule has 0 bridgehead atoms. The van der Waals surface area contributed by atoms with Crippen LogP contribution in [0, 0.1) is 0 Å². The molecule has 0 fully saturated rings. The summed E-state index contributed by atoms with van der Waals surface area (Å²) in [6.45, 7) is 0. The van der Waals surface area contributed by atoms with Gasteiger partial charge in [-0.05, 0) is 12.1 Å². The standard InChI is InChI=1S/C9H8Cl3N3O2S/c10-1-2-14-5-15-18(16,17)6-3-7(11)9(13)8(12)4-6/h1-5H,13H2,(H,14,15)/b2-1-. The molecule has 0 aliphatic rings. The maximum absolute atomic E-state index is 11.8. The van der Waals surface area contributed by atoms with Crippen LogP contribution in [-0.4, -0.2) is 14.8 Å². The van der Waals surface area contributed by atoms with Crippen LogP contribution in [0.15, 0.2) is 33.2 Å². The van der Waals surface area contributed by atoms with E-state index in [4.69, 9.17) is 40.5 Å². The second kappa shape index (κ2) is 6.29. The molecular weight excluding hydrogens is 321 g/mol. The third kappa shape index (κ3) is 3.78. The Bertz CT molecular complexity index is 576. The van der Waals surface area contributed by atoms with Crippen molar-refractivity contribution in [1.29, 1.82) is 0 Å². The number of nitrogens with zero attached hydrogens (tertiary/aromatic N) is 1. The summed E-state index contributed by atoms with van der Waals surface area (Å²) in [6, 6.07) is 2.35. The van der Waals surface area contributed by atoms with Crippen LogP contribution in [-0.2, 0) is 10.0 Å². The van der Waals surface area contributed by atoms with Gasteiger partial charge in [0.05, 0.1) is 20.6 Å². The van der Waals surface area contributed by atoms with Crippen molar-refractivity contribution in [2.24, 2.45) is 4.40 Å². The average Bonchev–Trinajstić information content (AvgIpc) is 2.31. The van der Waals surface area contributed by atoms with E-state index in [1.54, 1.807) is 0 Å². The minimum atomic E-state index is -3.90. The molecule has 0 heterocycles. The molecule has 9 heteroatoms. The maximum Gasteiger partial charge on any atom is 0.283 e. The van der Waals surface area contributed by atoms with Crippen LogP contribution >= 0.6 is 34.8 Å². The van der Waals surface area contributed by atoms with Crippen molar-refractivity contribution in [2.45, 2.75) is 4.90 Å². The Balaban J connectivity index is 3.10. The number of nitrogen functional groups attached to an aromatic ring is 1. The van der Waals surface area contributed by atoms with Crippen molar-refractivity contribution < 1.29 is 8.42 Å². The number of halogens is 3. The SMILES string of the molecule is Nc1c(Cl)cc(S(=O)(=O)N=CN/C=C\Cl)cc1Cl. The third-order valence-corrected chi connectivity index (χ3v) is 3.74. The Morgan fingerprint density at radius 3 is 2.33 bits per heavy atom. The monoisotopic (exact) mass is 327 g/mol. The first-order valence-electron chi connectivity index (χ1n) is 4.43. The predicted octanol–water partition coefficient (Wildman–Crippen LogP) is 2.59. The molecule has 1 rings (SSSR count). The van der Waals surface area contributed by atoms with Crippen LogP contribution < -0.4 is 11.1 Å². The zero-order valence-corrected chi connectivity index (χ0v) is 11.9. The van der Waals surface area contributed by atoms with E-state index >= 15 is 0 Å². The smallest absolute Gasteiger partial charge is 0.283 e. The van der Waals surface area contributed by atoms with Crippen LogP contribution in [0.3, 0.4) is 0 Å². The molecule has 0 saturated carbocycles. The molecule has 0 amide bonds. The van der Waals surface area contributed by atoms with Crippen molar-refractivity contribution in [2.75, 3.05) is 5.73 Å². The molecule has 0 atom stereocenters. The zero-order chi connectivity index (χ0) is 13.8. The Morgan fingerprint density at radius 1 is 1.28 bits per heavy atom. The summed E-state index contributed by atoms with van der Waals surface area (Å²) < 4.78 is 26.9. The summed E-state index contributed by atoms with van der Waals surface area (Å²) in [5.74, 6) is 0. The molecule has 0 aromatic heterocycles. The molecule has 0 saturated heterocycles. The van der Waals surface area contributed by atoms with Gasteiger partial charge in [0, 0.05) is 11.7 Å². The van der Waals surface area contributed by atoms with Gasteiger partial charge in [-0.25, -0.2) is 0 Å². The zero-order valence-electron chi connectivity index (χ0n) is 8.77. The van der Waals surface area contributed by atoms with Gasteiger partial charge in [-0.15, -0.1) is 4.40 Å². The Morgan fingerprint density at radius 2 is 1.83 bits per heavy atom. The van der Waals surface area contributed by atoms with Crippen LogP contribution in [0.1, 0.15) is 0 Å².